The number of aryl methyl sites for hydroxylation is 1. The van der Waals surface area contributed by atoms with Crippen molar-refractivity contribution in [1.29, 1.82) is 0 Å². The van der Waals surface area contributed by atoms with Gasteiger partial charge in [0.05, 0.1) is 5.69 Å². The van der Waals surface area contributed by atoms with E-state index in [-0.39, 0.29) is 5.75 Å². The molecule has 0 amide bonds. The van der Waals surface area contributed by atoms with Crippen molar-refractivity contribution in [2.45, 2.75) is 18.7 Å². The van der Waals surface area contributed by atoms with E-state index in [1.165, 1.54) is 12.3 Å². The summed E-state index contributed by atoms with van der Waals surface area (Å²) in [4.78, 5) is 4.24. The molecule has 0 aliphatic rings. The van der Waals surface area contributed by atoms with E-state index in [1.54, 1.807) is 6.92 Å². The summed E-state index contributed by atoms with van der Waals surface area (Å²) in [5.74, 6) is 0.685. The van der Waals surface area contributed by atoms with Gasteiger partial charge in [-0.25, -0.2) is 13.4 Å². The zero-order valence-corrected chi connectivity index (χ0v) is 13.1. The average Bonchev–Trinajstić information content (AvgIpc) is 3.17. The van der Waals surface area contributed by atoms with Gasteiger partial charge < -0.3 is 4.52 Å². The molecule has 0 bridgehead atoms. The highest BCUT2D eigenvalue weighted by Crippen LogP contribution is 2.20. The Bertz CT molecular complexity index is 859. The van der Waals surface area contributed by atoms with E-state index >= 15 is 0 Å². The molecule has 0 saturated heterocycles. The van der Waals surface area contributed by atoms with Crippen LogP contribution in [-0.4, -0.2) is 28.8 Å². The second kappa shape index (κ2) is 6.31. The van der Waals surface area contributed by atoms with Gasteiger partial charge in [-0.15, -0.1) is 0 Å². The van der Waals surface area contributed by atoms with E-state index in [4.69, 9.17) is 0 Å². The van der Waals surface area contributed by atoms with Gasteiger partial charge in [-0.2, -0.15) is 9.82 Å². The Morgan fingerprint density at radius 2 is 2.04 bits per heavy atom. The summed E-state index contributed by atoms with van der Waals surface area (Å²) < 4.78 is 32.1. The van der Waals surface area contributed by atoms with Crippen molar-refractivity contribution in [2.24, 2.45) is 0 Å². The van der Waals surface area contributed by atoms with Crippen LogP contribution in [0.5, 0.6) is 0 Å². The van der Waals surface area contributed by atoms with Crippen LogP contribution in [0.4, 0.5) is 0 Å². The lowest BCUT2D eigenvalue weighted by Crippen LogP contribution is -2.31. The van der Waals surface area contributed by atoms with E-state index in [1.807, 2.05) is 30.3 Å². The number of sulfonamides is 1. The number of nitrogens with one attached hydrogen (secondary N) is 2. The lowest BCUT2D eigenvalue weighted by molar-refractivity contribution is 0.413. The van der Waals surface area contributed by atoms with Crippen LogP contribution >= 0.6 is 0 Å². The van der Waals surface area contributed by atoms with Crippen LogP contribution < -0.4 is 4.72 Å². The summed E-state index contributed by atoms with van der Waals surface area (Å²) in [6.07, 6.45) is 1.33. The Hall–Kier alpha value is -2.52. The summed E-state index contributed by atoms with van der Waals surface area (Å²) in [7, 11) is -3.66. The lowest BCUT2D eigenvalue weighted by atomic mass is 10.1. The van der Waals surface area contributed by atoms with Crippen LogP contribution in [0.3, 0.4) is 0 Å². The van der Waals surface area contributed by atoms with Gasteiger partial charge in [-0.3, -0.25) is 5.10 Å². The number of rotatable bonds is 6. The molecular weight excluding hydrogens is 318 g/mol. The van der Waals surface area contributed by atoms with Crippen molar-refractivity contribution < 1.29 is 12.9 Å². The average molecular weight is 333 g/mol. The van der Waals surface area contributed by atoms with Crippen LogP contribution in [-0.2, 0) is 15.8 Å². The molecule has 3 aromatic rings. The van der Waals surface area contributed by atoms with E-state index in [9.17, 15) is 8.42 Å². The third kappa shape index (κ3) is 3.82. The largest absolute Gasteiger partial charge is 0.364 e. The molecule has 1 aromatic carbocycles. The number of nitrogens with zero attached hydrogens (tertiary/aromatic N) is 3. The molecule has 0 aliphatic heterocycles. The molecule has 2 aromatic heterocycles. The number of benzene rings is 1. The van der Waals surface area contributed by atoms with Crippen molar-refractivity contribution in [2.75, 3.05) is 0 Å². The topological polar surface area (TPSA) is 114 Å². The molecule has 1 atom stereocenters. The number of H-pyrrole nitrogens is 1. The number of hydrogen-bond acceptors (Lipinski definition) is 6. The Kier molecular flexibility index (Phi) is 4.22. The molecule has 3 rings (SSSR count). The molecule has 0 fully saturated rings. The number of aromatic amines is 1. The Morgan fingerprint density at radius 3 is 2.65 bits per heavy atom. The quantitative estimate of drug-likeness (QED) is 0.703. The fraction of sp³-hybridized carbons (Fsp3) is 0.214. The third-order valence-electron chi connectivity index (χ3n) is 3.13. The normalized spacial score (nSPS) is 13.1. The summed E-state index contributed by atoms with van der Waals surface area (Å²) in [6, 6.07) is 9.96. The summed E-state index contributed by atoms with van der Waals surface area (Å²) >= 11 is 0. The summed E-state index contributed by atoms with van der Waals surface area (Å²) in [5.41, 5.74) is 1.07. The first-order chi connectivity index (χ1) is 11.0. The van der Waals surface area contributed by atoms with E-state index in [0.29, 0.717) is 17.3 Å². The van der Waals surface area contributed by atoms with Crippen LogP contribution in [0.2, 0.25) is 0 Å². The molecule has 9 heteroatoms. The molecule has 2 N–H and O–H groups in total. The smallest absolute Gasteiger partial charge is 0.218 e. The highest BCUT2D eigenvalue weighted by molar-refractivity contribution is 7.88. The molecule has 0 spiro atoms. The second-order valence-corrected chi connectivity index (χ2v) is 6.74. The van der Waals surface area contributed by atoms with E-state index in [0.717, 1.165) is 5.56 Å². The van der Waals surface area contributed by atoms with Crippen LogP contribution in [0.25, 0.3) is 0 Å². The van der Waals surface area contributed by atoms with Gasteiger partial charge in [0, 0.05) is 6.07 Å². The number of aromatic nitrogens is 4. The molecule has 0 aliphatic carbocycles. The highest BCUT2D eigenvalue weighted by Gasteiger charge is 2.25. The molecule has 23 heavy (non-hydrogen) atoms. The first-order valence-corrected chi connectivity index (χ1v) is 8.52. The number of hydrogen-bond donors (Lipinski definition) is 2. The maximum atomic E-state index is 12.4. The zero-order valence-electron chi connectivity index (χ0n) is 12.3. The predicted octanol–water partition coefficient (Wildman–Crippen LogP) is 1.31. The van der Waals surface area contributed by atoms with Crippen molar-refractivity contribution >= 4 is 10.0 Å². The molecule has 1 unspecified atom stereocenters. The molecule has 8 nitrogen and oxygen atoms in total. The fourth-order valence-corrected chi connectivity index (χ4v) is 3.35. The minimum atomic E-state index is -3.66. The van der Waals surface area contributed by atoms with Crippen LogP contribution in [0.1, 0.15) is 28.9 Å². The fourth-order valence-electron chi connectivity index (χ4n) is 2.13. The Morgan fingerprint density at radius 1 is 1.26 bits per heavy atom. The van der Waals surface area contributed by atoms with Gasteiger partial charge in [-0.1, -0.05) is 35.5 Å². The first kappa shape index (κ1) is 15.4. The van der Waals surface area contributed by atoms with Crippen molar-refractivity contribution in [3.8, 4) is 0 Å². The standard InChI is InChI=1S/C14H15N5O3S/c1-10-15-14(17-16-10)13(11-5-3-2-4-6-11)19-23(20,21)9-12-7-8-22-18-12/h2-8,13,19H,9H2,1H3,(H,15,16,17). The van der Waals surface area contributed by atoms with Crippen LogP contribution in [0.15, 0.2) is 47.2 Å². The van der Waals surface area contributed by atoms with Crippen molar-refractivity contribution in [3.05, 3.63) is 65.6 Å². The van der Waals surface area contributed by atoms with Gasteiger partial charge in [-0.05, 0) is 12.5 Å². The van der Waals surface area contributed by atoms with Crippen molar-refractivity contribution in [1.82, 2.24) is 25.1 Å². The SMILES string of the molecule is Cc1nc(C(NS(=O)(=O)Cc2ccon2)c2ccccc2)n[nH]1. The van der Waals surface area contributed by atoms with E-state index in [2.05, 4.69) is 29.6 Å². The van der Waals surface area contributed by atoms with Crippen LogP contribution in [0, 0.1) is 6.92 Å². The molecule has 2 heterocycles. The molecule has 0 saturated carbocycles. The van der Waals surface area contributed by atoms with Gasteiger partial charge in [0.15, 0.2) is 5.82 Å². The lowest BCUT2D eigenvalue weighted by Gasteiger charge is -2.16. The molecule has 0 radical (unpaired) electrons. The minimum Gasteiger partial charge on any atom is -0.364 e. The monoisotopic (exact) mass is 333 g/mol. The summed E-state index contributed by atoms with van der Waals surface area (Å²) in [5, 5.41) is 10.4. The van der Waals surface area contributed by atoms with Gasteiger partial charge >= 0.3 is 0 Å². The molecule has 120 valence electrons. The second-order valence-electron chi connectivity index (χ2n) is 4.99. The maximum Gasteiger partial charge on any atom is 0.218 e. The third-order valence-corrected chi connectivity index (χ3v) is 4.40. The predicted molar refractivity (Wildman–Crippen MR) is 81.7 cm³/mol. The minimum absolute atomic E-state index is 0.282. The maximum absolute atomic E-state index is 12.4. The summed E-state index contributed by atoms with van der Waals surface area (Å²) in [6.45, 7) is 1.75. The zero-order chi connectivity index (χ0) is 16.3. The molecular formula is C14H15N5O3S. The van der Waals surface area contributed by atoms with Gasteiger partial charge in [0.2, 0.25) is 10.0 Å². The van der Waals surface area contributed by atoms with Gasteiger partial charge in [0.1, 0.15) is 23.9 Å². The Balaban J connectivity index is 1.90. The van der Waals surface area contributed by atoms with Crippen molar-refractivity contribution in [3.63, 3.8) is 0 Å². The highest BCUT2D eigenvalue weighted by atomic mass is 32.2. The first-order valence-electron chi connectivity index (χ1n) is 6.86. The van der Waals surface area contributed by atoms with Gasteiger partial charge in [0.25, 0.3) is 0 Å². The Labute approximate surface area is 133 Å². The van der Waals surface area contributed by atoms with E-state index < -0.39 is 16.1 Å².